The maximum Gasteiger partial charge on any atom is 0.121 e. The van der Waals surface area contributed by atoms with Gasteiger partial charge in [0.1, 0.15) is 5.83 Å². The molecule has 0 fully saturated rings. The highest BCUT2D eigenvalue weighted by atomic mass is 19.1. The minimum absolute atomic E-state index is 0.0779. The predicted molar refractivity (Wildman–Crippen MR) is 61.9 cm³/mol. The zero-order valence-electron chi connectivity index (χ0n) is 10.2. The maximum atomic E-state index is 13.3. The van der Waals surface area contributed by atoms with E-state index in [9.17, 15) is 4.39 Å². The van der Waals surface area contributed by atoms with Crippen molar-refractivity contribution >= 4 is 0 Å². The van der Waals surface area contributed by atoms with Crippen molar-refractivity contribution in [2.24, 2.45) is 5.92 Å². The van der Waals surface area contributed by atoms with Crippen molar-refractivity contribution in [3.8, 4) is 0 Å². The van der Waals surface area contributed by atoms with Crippen molar-refractivity contribution in [2.45, 2.75) is 53.9 Å². The van der Waals surface area contributed by atoms with Gasteiger partial charge in [-0.15, -0.1) is 0 Å². The lowest BCUT2D eigenvalue weighted by Crippen LogP contribution is -1.96. The molecule has 0 N–H and O–H groups in total. The van der Waals surface area contributed by atoms with Crippen LogP contribution in [0, 0.1) is 5.92 Å². The summed E-state index contributed by atoms with van der Waals surface area (Å²) < 4.78 is 13.3. The van der Waals surface area contributed by atoms with Crippen LogP contribution in [0.15, 0.2) is 23.0 Å². The monoisotopic (exact) mass is 198 g/mol. The summed E-state index contributed by atoms with van der Waals surface area (Å²) in [6.45, 7) is 9.97. The lowest BCUT2D eigenvalue weighted by molar-refractivity contribution is 0.566. The number of unbranched alkanes of at least 4 members (excludes halogenated alkanes) is 1. The number of hydrogen-bond acceptors (Lipinski definition) is 0. The first-order valence-corrected chi connectivity index (χ1v) is 5.50. The zero-order chi connectivity index (χ0) is 11.1. The van der Waals surface area contributed by atoms with Crippen molar-refractivity contribution in [3.05, 3.63) is 23.0 Å². The molecule has 0 aliphatic rings. The standard InChI is InChI=1S/C13H23F/c1-6-7-8-11(4)12(5)9-13(14)10(2)3/h9,11H,6-8H2,1-5H3/b12-9+. The Labute approximate surface area is 87.9 Å². The topological polar surface area (TPSA) is 0 Å². The van der Waals surface area contributed by atoms with Crippen molar-refractivity contribution < 1.29 is 4.39 Å². The highest BCUT2D eigenvalue weighted by molar-refractivity contribution is 5.21. The van der Waals surface area contributed by atoms with Gasteiger partial charge in [0.2, 0.25) is 0 Å². The molecule has 1 atom stereocenters. The van der Waals surface area contributed by atoms with Gasteiger partial charge in [-0.05, 0) is 44.8 Å². The van der Waals surface area contributed by atoms with Crippen LogP contribution >= 0.6 is 0 Å². The third kappa shape index (κ3) is 5.21. The fraction of sp³-hybridized carbons (Fsp3) is 0.692. The van der Waals surface area contributed by atoms with Crippen LogP contribution in [0.4, 0.5) is 4.39 Å². The van der Waals surface area contributed by atoms with E-state index in [1.165, 1.54) is 12.8 Å². The molecule has 0 amide bonds. The summed E-state index contributed by atoms with van der Waals surface area (Å²) >= 11 is 0. The molecule has 0 aliphatic heterocycles. The SMILES string of the molecule is CCCCC(C)/C(C)=C/C(F)=C(C)C. The first-order valence-electron chi connectivity index (χ1n) is 5.50. The van der Waals surface area contributed by atoms with Crippen LogP contribution in [0.3, 0.4) is 0 Å². The summed E-state index contributed by atoms with van der Waals surface area (Å²) in [5.74, 6) is 0.422. The minimum Gasteiger partial charge on any atom is -0.207 e. The quantitative estimate of drug-likeness (QED) is 0.544. The second-order valence-electron chi connectivity index (χ2n) is 4.28. The first kappa shape index (κ1) is 13.4. The second kappa shape index (κ2) is 6.80. The fourth-order valence-corrected chi connectivity index (χ4v) is 1.22. The average Bonchev–Trinajstić information content (AvgIpc) is 2.13. The Morgan fingerprint density at radius 3 is 2.29 bits per heavy atom. The number of allylic oxidation sites excluding steroid dienone is 4. The lowest BCUT2D eigenvalue weighted by atomic mass is 9.96. The fourth-order valence-electron chi connectivity index (χ4n) is 1.22. The molecular weight excluding hydrogens is 175 g/mol. The molecule has 0 spiro atoms. The Balaban J connectivity index is 4.30. The third-order valence-corrected chi connectivity index (χ3v) is 2.60. The molecule has 0 saturated carbocycles. The first-order chi connectivity index (χ1) is 6.49. The second-order valence-corrected chi connectivity index (χ2v) is 4.28. The molecule has 0 rings (SSSR count). The molecule has 0 saturated heterocycles. The molecule has 82 valence electrons. The Morgan fingerprint density at radius 2 is 1.86 bits per heavy atom. The van der Waals surface area contributed by atoms with Gasteiger partial charge >= 0.3 is 0 Å². The Kier molecular flexibility index (Phi) is 6.52. The van der Waals surface area contributed by atoms with Gasteiger partial charge in [0, 0.05) is 0 Å². The van der Waals surface area contributed by atoms with E-state index in [4.69, 9.17) is 0 Å². The van der Waals surface area contributed by atoms with Gasteiger partial charge in [-0.2, -0.15) is 0 Å². The van der Waals surface area contributed by atoms with E-state index in [0.717, 1.165) is 17.6 Å². The van der Waals surface area contributed by atoms with Crippen molar-refractivity contribution in [3.63, 3.8) is 0 Å². The van der Waals surface area contributed by atoms with Crippen LogP contribution in [0.25, 0.3) is 0 Å². The van der Waals surface area contributed by atoms with E-state index >= 15 is 0 Å². The Morgan fingerprint density at radius 1 is 1.29 bits per heavy atom. The molecule has 0 aromatic rings. The molecule has 0 bridgehead atoms. The summed E-state index contributed by atoms with van der Waals surface area (Å²) in [6, 6.07) is 0. The van der Waals surface area contributed by atoms with Crippen molar-refractivity contribution in [1.82, 2.24) is 0 Å². The van der Waals surface area contributed by atoms with Crippen LogP contribution in [-0.2, 0) is 0 Å². The Bertz CT molecular complexity index is 219. The number of rotatable bonds is 5. The molecule has 1 unspecified atom stereocenters. The summed E-state index contributed by atoms with van der Waals surface area (Å²) in [7, 11) is 0. The largest absolute Gasteiger partial charge is 0.207 e. The van der Waals surface area contributed by atoms with Gasteiger partial charge in [-0.3, -0.25) is 0 Å². The van der Waals surface area contributed by atoms with Crippen LogP contribution in [0.5, 0.6) is 0 Å². The molecule has 0 nitrogen and oxygen atoms in total. The molecule has 1 heteroatoms. The minimum atomic E-state index is -0.0779. The summed E-state index contributed by atoms with van der Waals surface area (Å²) in [5.41, 5.74) is 1.91. The maximum absolute atomic E-state index is 13.3. The summed E-state index contributed by atoms with van der Waals surface area (Å²) in [5, 5.41) is 0. The van der Waals surface area contributed by atoms with E-state index < -0.39 is 0 Å². The van der Waals surface area contributed by atoms with Gasteiger partial charge in [-0.25, -0.2) is 4.39 Å². The van der Waals surface area contributed by atoms with Crippen LogP contribution in [0.2, 0.25) is 0 Å². The third-order valence-electron chi connectivity index (χ3n) is 2.60. The van der Waals surface area contributed by atoms with Gasteiger partial charge in [-0.1, -0.05) is 32.3 Å². The number of halogens is 1. The van der Waals surface area contributed by atoms with E-state index in [2.05, 4.69) is 13.8 Å². The molecule has 0 aromatic heterocycles. The normalized spacial score (nSPS) is 14.0. The molecule has 0 heterocycles. The zero-order valence-corrected chi connectivity index (χ0v) is 10.2. The van der Waals surface area contributed by atoms with Crippen LogP contribution in [0.1, 0.15) is 53.9 Å². The van der Waals surface area contributed by atoms with E-state index in [1.807, 2.05) is 6.92 Å². The van der Waals surface area contributed by atoms with Crippen molar-refractivity contribution in [1.29, 1.82) is 0 Å². The number of hydrogen-bond donors (Lipinski definition) is 0. The van der Waals surface area contributed by atoms with Crippen LogP contribution in [-0.4, -0.2) is 0 Å². The molecule has 0 aliphatic carbocycles. The van der Waals surface area contributed by atoms with Crippen molar-refractivity contribution in [2.75, 3.05) is 0 Å². The lowest BCUT2D eigenvalue weighted by Gasteiger charge is -2.11. The van der Waals surface area contributed by atoms with Gasteiger partial charge in [0.05, 0.1) is 0 Å². The highest BCUT2D eigenvalue weighted by Crippen LogP contribution is 2.20. The molecule has 0 radical (unpaired) electrons. The molecular formula is C13H23F. The van der Waals surface area contributed by atoms with Gasteiger partial charge in [0.25, 0.3) is 0 Å². The molecule has 14 heavy (non-hydrogen) atoms. The smallest absolute Gasteiger partial charge is 0.121 e. The summed E-state index contributed by atoms with van der Waals surface area (Å²) in [6.07, 6.45) is 5.27. The van der Waals surface area contributed by atoms with E-state index in [1.54, 1.807) is 19.9 Å². The average molecular weight is 198 g/mol. The van der Waals surface area contributed by atoms with E-state index in [-0.39, 0.29) is 5.83 Å². The highest BCUT2D eigenvalue weighted by Gasteiger charge is 2.04. The van der Waals surface area contributed by atoms with Gasteiger partial charge in [0.15, 0.2) is 0 Å². The summed E-state index contributed by atoms with van der Waals surface area (Å²) in [4.78, 5) is 0. The Hall–Kier alpha value is -0.590. The predicted octanol–water partition coefficient (Wildman–Crippen LogP) is 5.02. The molecule has 0 aromatic carbocycles. The van der Waals surface area contributed by atoms with Gasteiger partial charge < -0.3 is 0 Å². The van der Waals surface area contributed by atoms with E-state index in [0.29, 0.717) is 5.92 Å². The van der Waals surface area contributed by atoms with Crippen LogP contribution < -0.4 is 0 Å².